The van der Waals surface area contributed by atoms with E-state index in [2.05, 4.69) is 17.1 Å². The van der Waals surface area contributed by atoms with Crippen LogP contribution in [0.4, 0.5) is 4.39 Å². The quantitative estimate of drug-likeness (QED) is 0.864. The first-order valence-electron chi connectivity index (χ1n) is 8.46. The molecule has 116 valence electrons. The Balaban J connectivity index is 1.60. The molecule has 1 aliphatic heterocycles. The number of piperidine rings is 1. The Hall–Kier alpha value is -0.930. The van der Waals surface area contributed by atoms with Crippen molar-refractivity contribution >= 4 is 0 Å². The van der Waals surface area contributed by atoms with Gasteiger partial charge >= 0.3 is 0 Å². The average Bonchev–Trinajstić information content (AvgIpc) is 3.30. The number of rotatable bonds is 6. The van der Waals surface area contributed by atoms with Crippen LogP contribution in [0.5, 0.6) is 0 Å². The maximum atomic E-state index is 13.3. The number of hydrogen-bond acceptors (Lipinski definition) is 2. The van der Waals surface area contributed by atoms with Gasteiger partial charge in [-0.05, 0) is 63.3 Å². The fourth-order valence-corrected chi connectivity index (χ4v) is 3.55. The van der Waals surface area contributed by atoms with E-state index < -0.39 is 0 Å². The highest BCUT2D eigenvalue weighted by Crippen LogP contribution is 2.30. The van der Waals surface area contributed by atoms with Gasteiger partial charge in [0.1, 0.15) is 5.82 Å². The lowest BCUT2D eigenvalue weighted by Gasteiger charge is -2.34. The van der Waals surface area contributed by atoms with Crippen LogP contribution in [-0.4, -0.2) is 36.1 Å². The van der Waals surface area contributed by atoms with Crippen LogP contribution in [-0.2, 0) is 6.42 Å². The third-order valence-corrected chi connectivity index (χ3v) is 4.85. The van der Waals surface area contributed by atoms with Gasteiger partial charge in [-0.2, -0.15) is 0 Å². The van der Waals surface area contributed by atoms with Crippen molar-refractivity contribution in [2.45, 2.75) is 63.6 Å². The summed E-state index contributed by atoms with van der Waals surface area (Å²) in [4.78, 5) is 2.66. The van der Waals surface area contributed by atoms with Crippen molar-refractivity contribution in [3.8, 4) is 0 Å². The molecule has 1 aliphatic carbocycles. The Kier molecular flexibility index (Phi) is 4.91. The summed E-state index contributed by atoms with van der Waals surface area (Å²) in [6.07, 6.45) is 7.59. The van der Waals surface area contributed by atoms with Gasteiger partial charge in [-0.3, -0.25) is 4.90 Å². The van der Waals surface area contributed by atoms with Gasteiger partial charge in [-0.25, -0.2) is 4.39 Å². The number of benzene rings is 1. The Morgan fingerprint density at radius 2 is 2.14 bits per heavy atom. The number of hydrogen-bond donors (Lipinski definition) is 1. The minimum atomic E-state index is -0.119. The Morgan fingerprint density at radius 1 is 1.29 bits per heavy atom. The molecule has 0 bridgehead atoms. The van der Waals surface area contributed by atoms with Crippen LogP contribution in [0.1, 0.15) is 44.6 Å². The second kappa shape index (κ2) is 6.89. The lowest BCUT2D eigenvalue weighted by Crippen LogP contribution is -2.48. The van der Waals surface area contributed by atoms with Gasteiger partial charge in [0.2, 0.25) is 0 Å². The molecule has 1 heterocycles. The van der Waals surface area contributed by atoms with Crippen molar-refractivity contribution in [3.63, 3.8) is 0 Å². The molecule has 1 saturated heterocycles. The second-order valence-corrected chi connectivity index (χ2v) is 6.76. The van der Waals surface area contributed by atoms with Crippen LogP contribution < -0.4 is 5.32 Å². The molecule has 1 aromatic carbocycles. The van der Waals surface area contributed by atoms with Crippen LogP contribution >= 0.6 is 0 Å². The Morgan fingerprint density at radius 3 is 2.81 bits per heavy atom. The molecular formula is C18H27FN2. The normalized spacial score (nSPS) is 24.2. The van der Waals surface area contributed by atoms with Crippen molar-refractivity contribution in [1.29, 1.82) is 0 Å². The standard InChI is InChI=1S/C18H27FN2/c1-14(11-15-5-4-6-16(19)12-15)21(18-8-9-18)13-17-7-2-3-10-20-17/h4-6,12,14,17-18,20H,2-3,7-11,13H2,1H3. The predicted octanol–water partition coefficient (Wildman–Crippen LogP) is 3.36. The molecular weight excluding hydrogens is 263 g/mol. The summed E-state index contributed by atoms with van der Waals surface area (Å²) < 4.78 is 13.3. The summed E-state index contributed by atoms with van der Waals surface area (Å²) in [6.45, 7) is 4.62. The van der Waals surface area contributed by atoms with Gasteiger partial charge in [0.25, 0.3) is 0 Å². The van der Waals surface area contributed by atoms with E-state index in [1.54, 1.807) is 6.07 Å². The average molecular weight is 290 g/mol. The minimum absolute atomic E-state index is 0.119. The molecule has 21 heavy (non-hydrogen) atoms. The molecule has 2 aliphatic rings. The van der Waals surface area contributed by atoms with E-state index in [1.165, 1.54) is 44.7 Å². The minimum Gasteiger partial charge on any atom is -0.313 e. The maximum absolute atomic E-state index is 13.3. The highest BCUT2D eigenvalue weighted by molar-refractivity contribution is 5.17. The third-order valence-electron chi connectivity index (χ3n) is 4.85. The molecule has 0 aromatic heterocycles. The molecule has 2 atom stereocenters. The monoisotopic (exact) mass is 290 g/mol. The number of nitrogens with one attached hydrogen (secondary N) is 1. The zero-order valence-electron chi connectivity index (χ0n) is 13.0. The van der Waals surface area contributed by atoms with E-state index in [4.69, 9.17) is 0 Å². The van der Waals surface area contributed by atoms with E-state index in [0.29, 0.717) is 12.1 Å². The first kappa shape index (κ1) is 15.0. The fraction of sp³-hybridized carbons (Fsp3) is 0.667. The number of nitrogens with zero attached hydrogens (tertiary/aromatic N) is 1. The molecule has 0 radical (unpaired) electrons. The highest BCUT2D eigenvalue weighted by atomic mass is 19.1. The molecule has 2 fully saturated rings. The Labute approximate surface area is 127 Å². The molecule has 2 unspecified atom stereocenters. The van der Waals surface area contributed by atoms with Crippen molar-refractivity contribution in [2.75, 3.05) is 13.1 Å². The van der Waals surface area contributed by atoms with Crippen LogP contribution in [0.3, 0.4) is 0 Å². The van der Waals surface area contributed by atoms with Crippen LogP contribution in [0.25, 0.3) is 0 Å². The highest BCUT2D eigenvalue weighted by Gasteiger charge is 2.33. The summed E-state index contributed by atoms with van der Waals surface area (Å²) in [5.74, 6) is -0.119. The van der Waals surface area contributed by atoms with Crippen molar-refractivity contribution in [2.24, 2.45) is 0 Å². The molecule has 0 spiro atoms. The van der Waals surface area contributed by atoms with E-state index in [1.807, 2.05) is 12.1 Å². The zero-order valence-corrected chi connectivity index (χ0v) is 13.0. The van der Waals surface area contributed by atoms with Gasteiger partial charge in [0.15, 0.2) is 0 Å². The van der Waals surface area contributed by atoms with Gasteiger partial charge in [0, 0.05) is 24.7 Å². The molecule has 3 rings (SSSR count). The van der Waals surface area contributed by atoms with Crippen LogP contribution in [0, 0.1) is 5.82 Å². The number of halogens is 1. The molecule has 0 amide bonds. The lowest BCUT2D eigenvalue weighted by molar-refractivity contribution is 0.165. The second-order valence-electron chi connectivity index (χ2n) is 6.76. The fourth-order valence-electron chi connectivity index (χ4n) is 3.55. The topological polar surface area (TPSA) is 15.3 Å². The van der Waals surface area contributed by atoms with Gasteiger partial charge in [-0.1, -0.05) is 18.6 Å². The summed E-state index contributed by atoms with van der Waals surface area (Å²) in [6, 6.07) is 8.97. The van der Waals surface area contributed by atoms with E-state index in [9.17, 15) is 4.39 Å². The molecule has 3 heteroatoms. The van der Waals surface area contributed by atoms with Crippen LogP contribution in [0.15, 0.2) is 24.3 Å². The molecule has 1 saturated carbocycles. The predicted molar refractivity (Wildman–Crippen MR) is 84.9 cm³/mol. The van der Waals surface area contributed by atoms with Crippen molar-refractivity contribution < 1.29 is 4.39 Å². The Bertz CT molecular complexity index is 452. The summed E-state index contributed by atoms with van der Waals surface area (Å²) in [5, 5.41) is 3.66. The third kappa shape index (κ3) is 4.27. The zero-order chi connectivity index (χ0) is 14.7. The summed E-state index contributed by atoms with van der Waals surface area (Å²) in [5.41, 5.74) is 1.12. The SMILES string of the molecule is CC(Cc1cccc(F)c1)N(CC1CCCCN1)C1CC1. The molecule has 1 aromatic rings. The van der Waals surface area contributed by atoms with E-state index in [0.717, 1.165) is 24.6 Å². The van der Waals surface area contributed by atoms with Crippen LogP contribution in [0.2, 0.25) is 0 Å². The van der Waals surface area contributed by atoms with Gasteiger partial charge < -0.3 is 5.32 Å². The first-order chi connectivity index (χ1) is 10.2. The van der Waals surface area contributed by atoms with E-state index in [-0.39, 0.29) is 5.82 Å². The van der Waals surface area contributed by atoms with Gasteiger partial charge in [0.05, 0.1) is 0 Å². The van der Waals surface area contributed by atoms with Crippen molar-refractivity contribution in [1.82, 2.24) is 10.2 Å². The van der Waals surface area contributed by atoms with Crippen molar-refractivity contribution in [3.05, 3.63) is 35.6 Å². The van der Waals surface area contributed by atoms with Gasteiger partial charge in [-0.15, -0.1) is 0 Å². The smallest absolute Gasteiger partial charge is 0.123 e. The first-order valence-corrected chi connectivity index (χ1v) is 8.46. The molecule has 1 N–H and O–H groups in total. The molecule has 2 nitrogen and oxygen atoms in total. The summed E-state index contributed by atoms with van der Waals surface area (Å²) in [7, 11) is 0. The lowest BCUT2D eigenvalue weighted by atomic mass is 10.0. The summed E-state index contributed by atoms with van der Waals surface area (Å²) >= 11 is 0. The maximum Gasteiger partial charge on any atom is 0.123 e. The largest absolute Gasteiger partial charge is 0.313 e. The van der Waals surface area contributed by atoms with E-state index >= 15 is 0 Å².